The average molecular weight is 234 g/mol. The van der Waals surface area contributed by atoms with Crippen LogP contribution in [0.5, 0.6) is 0 Å². The summed E-state index contributed by atoms with van der Waals surface area (Å²) in [5, 5.41) is 0. The Kier molecular flexibility index (Phi) is 3.74. The summed E-state index contributed by atoms with van der Waals surface area (Å²) in [5.41, 5.74) is 0.287. The second-order valence-electron chi connectivity index (χ2n) is 5.60. The quantitative estimate of drug-likeness (QED) is 0.774. The van der Waals surface area contributed by atoms with Crippen LogP contribution in [0.25, 0.3) is 0 Å². The number of nitrogens with zero attached hydrogens (tertiary/aromatic N) is 4. The first-order valence-electron chi connectivity index (χ1n) is 6.29. The van der Waals surface area contributed by atoms with Gasteiger partial charge in [0.05, 0.1) is 6.54 Å². The van der Waals surface area contributed by atoms with E-state index >= 15 is 0 Å². The predicted molar refractivity (Wildman–Crippen MR) is 68.6 cm³/mol. The lowest BCUT2D eigenvalue weighted by molar-refractivity contribution is 0.0580. The minimum atomic E-state index is 0.287. The van der Waals surface area contributed by atoms with E-state index in [0.717, 1.165) is 38.5 Å². The maximum absolute atomic E-state index is 4.27. The van der Waals surface area contributed by atoms with Gasteiger partial charge < -0.3 is 0 Å². The molecule has 1 aromatic heterocycles. The van der Waals surface area contributed by atoms with Crippen LogP contribution in [0.3, 0.4) is 0 Å². The lowest BCUT2D eigenvalue weighted by atomic mass is 10.1. The summed E-state index contributed by atoms with van der Waals surface area (Å²) in [6, 6.07) is 1.86. The van der Waals surface area contributed by atoms with Gasteiger partial charge in [0, 0.05) is 44.1 Å². The maximum Gasteiger partial charge on any atom is 0.142 e. The second kappa shape index (κ2) is 5.10. The lowest BCUT2D eigenvalue weighted by Gasteiger charge is -2.42. The highest BCUT2D eigenvalue weighted by Gasteiger charge is 2.25. The van der Waals surface area contributed by atoms with Crippen LogP contribution in [-0.2, 0) is 6.54 Å². The van der Waals surface area contributed by atoms with Crippen molar-refractivity contribution >= 4 is 0 Å². The van der Waals surface area contributed by atoms with Gasteiger partial charge in [-0.15, -0.1) is 0 Å². The summed E-state index contributed by atoms with van der Waals surface area (Å²) >= 11 is 0. The van der Waals surface area contributed by atoms with Gasteiger partial charge in [-0.3, -0.25) is 9.80 Å². The zero-order valence-electron chi connectivity index (χ0n) is 11.1. The molecule has 4 nitrogen and oxygen atoms in total. The van der Waals surface area contributed by atoms with E-state index in [1.807, 2.05) is 18.5 Å². The van der Waals surface area contributed by atoms with Crippen LogP contribution >= 0.6 is 0 Å². The van der Waals surface area contributed by atoms with E-state index in [9.17, 15) is 0 Å². The molecule has 17 heavy (non-hydrogen) atoms. The molecule has 0 spiro atoms. The zero-order chi connectivity index (χ0) is 12.3. The molecule has 0 atom stereocenters. The van der Waals surface area contributed by atoms with Gasteiger partial charge in [0.25, 0.3) is 0 Å². The molecule has 0 saturated carbocycles. The van der Waals surface area contributed by atoms with Crippen molar-refractivity contribution in [1.29, 1.82) is 0 Å². The standard InChI is InChI=1S/C13H22N4/c1-13(2,3)17-9-7-16(8-10-17)11-12-14-5-4-6-15-12/h4-6H,7-11H2,1-3H3. The smallest absolute Gasteiger partial charge is 0.142 e. The Balaban J connectivity index is 1.84. The molecular weight excluding hydrogens is 212 g/mol. The van der Waals surface area contributed by atoms with Crippen molar-refractivity contribution in [3.05, 3.63) is 24.3 Å². The highest BCUT2D eigenvalue weighted by atomic mass is 15.3. The van der Waals surface area contributed by atoms with Gasteiger partial charge in [-0.25, -0.2) is 9.97 Å². The molecule has 0 radical (unpaired) electrons. The van der Waals surface area contributed by atoms with Crippen molar-refractivity contribution in [1.82, 2.24) is 19.8 Å². The monoisotopic (exact) mass is 234 g/mol. The molecule has 2 heterocycles. The van der Waals surface area contributed by atoms with E-state index in [2.05, 4.69) is 40.5 Å². The van der Waals surface area contributed by atoms with Crippen molar-refractivity contribution < 1.29 is 0 Å². The molecule has 2 rings (SSSR count). The minimum absolute atomic E-state index is 0.287. The van der Waals surface area contributed by atoms with Gasteiger partial charge in [0.2, 0.25) is 0 Å². The molecule has 0 aromatic carbocycles. The molecule has 0 aliphatic carbocycles. The molecule has 1 aliphatic heterocycles. The fourth-order valence-electron chi connectivity index (χ4n) is 2.19. The second-order valence-corrected chi connectivity index (χ2v) is 5.60. The van der Waals surface area contributed by atoms with Crippen LogP contribution in [0.1, 0.15) is 26.6 Å². The average Bonchev–Trinajstić information content (AvgIpc) is 2.30. The summed E-state index contributed by atoms with van der Waals surface area (Å²) in [6.07, 6.45) is 3.63. The number of piperazine rings is 1. The zero-order valence-corrected chi connectivity index (χ0v) is 11.1. The first-order valence-corrected chi connectivity index (χ1v) is 6.29. The Hall–Kier alpha value is -1.00. The predicted octanol–water partition coefficient (Wildman–Crippen LogP) is 1.39. The summed E-state index contributed by atoms with van der Waals surface area (Å²) in [7, 11) is 0. The Morgan fingerprint density at radius 2 is 1.65 bits per heavy atom. The van der Waals surface area contributed by atoms with Gasteiger partial charge in [-0.05, 0) is 26.8 Å². The SMILES string of the molecule is CC(C)(C)N1CCN(Cc2ncccn2)CC1. The van der Waals surface area contributed by atoms with E-state index in [1.165, 1.54) is 0 Å². The lowest BCUT2D eigenvalue weighted by Crippen LogP contribution is -2.53. The molecule has 4 heteroatoms. The van der Waals surface area contributed by atoms with Gasteiger partial charge in [-0.1, -0.05) is 0 Å². The van der Waals surface area contributed by atoms with Crippen molar-refractivity contribution in [2.24, 2.45) is 0 Å². The third-order valence-electron chi connectivity index (χ3n) is 3.31. The molecule has 1 aromatic rings. The maximum atomic E-state index is 4.27. The molecular formula is C13H22N4. The molecule has 0 bridgehead atoms. The summed E-state index contributed by atoms with van der Waals surface area (Å²) in [4.78, 5) is 13.5. The van der Waals surface area contributed by atoms with Gasteiger partial charge in [-0.2, -0.15) is 0 Å². The third kappa shape index (κ3) is 3.48. The van der Waals surface area contributed by atoms with Crippen molar-refractivity contribution in [3.8, 4) is 0 Å². The van der Waals surface area contributed by atoms with E-state index in [1.54, 1.807) is 0 Å². The highest BCUT2D eigenvalue weighted by molar-refractivity contribution is 4.90. The van der Waals surface area contributed by atoms with E-state index < -0.39 is 0 Å². The molecule has 1 aliphatic rings. The fraction of sp³-hybridized carbons (Fsp3) is 0.692. The van der Waals surface area contributed by atoms with Gasteiger partial charge >= 0.3 is 0 Å². The van der Waals surface area contributed by atoms with Crippen molar-refractivity contribution in [3.63, 3.8) is 0 Å². The van der Waals surface area contributed by atoms with Gasteiger partial charge in [0.1, 0.15) is 5.82 Å². The van der Waals surface area contributed by atoms with Crippen LogP contribution in [-0.4, -0.2) is 51.5 Å². The summed E-state index contributed by atoms with van der Waals surface area (Å²) < 4.78 is 0. The molecule has 1 fully saturated rings. The number of aromatic nitrogens is 2. The van der Waals surface area contributed by atoms with E-state index in [-0.39, 0.29) is 5.54 Å². The van der Waals surface area contributed by atoms with Crippen molar-refractivity contribution in [2.45, 2.75) is 32.9 Å². The largest absolute Gasteiger partial charge is 0.296 e. The Morgan fingerprint density at radius 3 is 2.18 bits per heavy atom. The third-order valence-corrected chi connectivity index (χ3v) is 3.31. The van der Waals surface area contributed by atoms with Gasteiger partial charge in [0.15, 0.2) is 0 Å². The van der Waals surface area contributed by atoms with Crippen molar-refractivity contribution in [2.75, 3.05) is 26.2 Å². The molecule has 0 N–H and O–H groups in total. The molecule has 0 amide bonds. The van der Waals surface area contributed by atoms with Crippen LogP contribution in [0.4, 0.5) is 0 Å². The Morgan fingerprint density at radius 1 is 1.06 bits per heavy atom. The summed E-state index contributed by atoms with van der Waals surface area (Å²) in [5.74, 6) is 0.928. The van der Waals surface area contributed by atoms with Crippen LogP contribution < -0.4 is 0 Å². The van der Waals surface area contributed by atoms with E-state index in [0.29, 0.717) is 0 Å². The number of rotatable bonds is 2. The van der Waals surface area contributed by atoms with Crippen LogP contribution in [0.2, 0.25) is 0 Å². The first-order chi connectivity index (χ1) is 8.05. The summed E-state index contributed by atoms with van der Waals surface area (Å²) in [6.45, 7) is 12.2. The first kappa shape index (κ1) is 12.5. The number of hydrogen-bond acceptors (Lipinski definition) is 4. The fourth-order valence-corrected chi connectivity index (χ4v) is 2.19. The topological polar surface area (TPSA) is 32.3 Å². The minimum Gasteiger partial charge on any atom is -0.296 e. The van der Waals surface area contributed by atoms with Crippen LogP contribution in [0, 0.1) is 0 Å². The Bertz CT molecular complexity index is 336. The normalized spacial score (nSPS) is 19.5. The van der Waals surface area contributed by atoms with Crippen LogP contribution in [0.15, 0.2) is 18.5 Å². The molecule has 0 unspecified atom stereocenters. The molecule has 1 saturated heterocycles. The highest BCUT2D eigenvalue weighted by Crippen LogP contribution is 2.16. The molecule has 94 valence electrons. The van der Waals surface area contributed by atoms with E-state index in [4.69, 9.17) is 0 Å². The Labute approximate surface area is 104 Å². The number of hydrogen-bond donors (Lipinski definition) is 0.